The molecule has 0 saturated heterocycles. The van der Waals surface area contributed by atoms with Gasteiger partial charge in [-0.05, 0) is 55.3 Å². The second-order valence-corrected chi connectivity index (χ2v) is 6.08. The van der Waals surface area contributed by atoms with Crippen molar-refractivity contribution in [1.82, 2.24) is 10.2 Å². The number of carbonyl (C=O) groups excluding carboxylic acids is 1. The molecule has 0 aliphatic heterocycles. The average Bonchev–Trinajstić information content (AvgIpc) is 3.12. The lowest BCUT2D eigenvalue weighted by atomic mass is 10.1. The topological polar surface area (TPSA) is 77.2 Å². The Balaban J connectivity index is 1.58. The zero-order valence-electron chi connectivity index (χ0n) is 15.1. The number of rotatable bonds is 6. The Morgan fingerprint density at radius 3 is 2.73 bits per heavy atom. The van der Waals surface area contributed by atoms with Crippen LogP contribution in [-0.2, 0) is 11.2 Å². The Kier molecular flexibility index (Phi) is 5.31. The van der Waals surface area contributed by atoms with Gasteiger partial charge in [0.2, 0.25) is 17.7 Å². The molecule has 0 aliphatic carbocycles. The molecule has 1 aromatic heterocycles. The number of nitrogens with one attached hydrogen (secondary N) is 1. The molecular formula is C20H21N3O3. The van der Waals surface area contributed by atoms with E-state index in [1.54, 1.807) is 7.11 Å². The van der Waals surface area contributed by atoms with E-state index in [0.29, 0.717) is 18.2 Å². The van der Waals surface area contributed by atoms with Crippen molar-refractivity contribution < 1.29 is 13.9 Å². The molecule has 0 radical (unpaired) electrons. The number of benzene rings is 2. The van der Waals surface area contributed by atoms with Gasteiger partial charge in [0.25, 0.3) is 0 Å². The molecule has 26 heavy (non-hydrogen) atoms. The normalized spacial score (nSPS) is 10.6. The number of ether oxygens (including phenoxy) is 1. The van der Waals surface area contributed by atoms with Crippen molar-refractivity contribution in [2.45, 2.75) is 26.7 Å². The van der Waals surface area contributed by atoms with E-state index in [2.05, 4.69) is 15.5 Å². The maximum absolute atomic E-state index is 12.1. The highest BCUT2D eigenvalue weighted by atomic mass is 16.5. The van der Waals surface area contributed by atoms with Crippen LogP contribution in [0.1, 0.15) is 23.4 Å². The van der Waals surface area contributed by atoms with E-state index >= 15 is 0 Å². The molecule has 1 N–H and O–H groups in total. The minimum atomic E-state index is -0.0885. The summed E-state index contributed by atoms with van der Waals surface area (Å²) in [6, 6.07) is 13.2. The molecule has 2 aromatic carbocycles. The highest BCUT2D eigenvalue weighted by Crippen LogP contribution is 2.23. The maximum atomic E-state index is 12.1. The van der Waals surface area contributed by atoms with Crippen molar-refractivity contribution in [3.8, 4) is 17.2 Å². The number of aryl methyl sites for hydroxylation is 3. The van der Waals surface area contributed by atoms with Gasteiger partial charge in [-0.2, -0.15) is 0 Å². The van der Waals surface area contributed by atoms with Crippen LogP contribution in [0.2, 0.25) is 0 Å². The summed E-state index contributed by atoms with van der Waals surface area (Å²) in [7, 11) is 1.60. The second-order valence-electron chi connectivity index (χ2n) is 6.08. The summed E-state index contributed by atoms with van der Waals surface area (Å²) in [6.07, 6.45) is 0.653. The molecular weight excluding hydrogens is 330 g/mol. The van der Waals surface area contributed by atoms with Crippen molar-refractivity contribution in [2.24, 2.45) is 0 Å². The lowest BCUT2D eigenvalue weighted by molar-refractivity contribution is -0.116. The van der Waals surface area contributed by atoms with Crippen molar-refractivity contribution in [2.75, 3.05) is 12.4 Å². The monoisotopic (exact) mass is 351 g/mol. The Hall–Kier alpha value is -3.15. The van der Waals surface area contributed by atoms with Crippen molar-refractivity contribution >= 4 is 11.6 Å². The molecule has 0 bridgehead atoms. The fraction of sp³-hybridized carbons (Fsp3) is 0.250. The Bertz CT molecular complexity index is 918. The summed E-state index contributed by atoms with van der Waals surface area (Å²) in [5.41, 5.74) is 3.91. The van der Waals surface area contributed by atoms with Crippen LogP contribution in [0.25, 0.3) is 11.5 Å². The number of anilines is 1. The first kappa shape index (κ1) is 17.7. The lowest BCUT2D eigenvalue weighted by Crippen LogP contribution is -2.12. The molecule has 3 aromatic rings. The van der Waals surface area contributed by atoms with E-state index in [4.69, 9.17) is 9.15 Å². The van der Waals surface area contributed by atoms with E-state index < -0.39 is 0 Å². The molecule has 6 nitrogen and oxygen atoms in total. The second kappa shape index (κ2) is 7.82. The first-order valence-corrected chi connectivity index (χ1v) is 8.39. The third-order valence-corrected chi connectivity index (χ3v) is 4.14. The molecule has 6 heteroatoms. The summed E-state index contributed by atoms with van der Waals surface area (Å²) in [5, 5.41) is 10.9. The van der Waals surface area contributed by atoms with E-state index in [9.17, 15) is 4.79 Å². The third-order valence-electron chi connectivity index (χ3n) is 4.14. The molecule has 134 valence electrons. The first-order valence-electron chi connectivity index (χ1n) is 8.39. The van der Waals surface area contributed by atoms with Crippen LogP contribution in [0.4, 0.5) is 5.69 Å². The van der Waals surface area contributed by atoms with Crippen LogP contribution in [0, 0.1) is 13.8 Å². The first-order chi connectivity index (χ1) is 12.5. The molecule has 0 fully saturated rings. The van der Waals surface area contributed by atoms with Crippen LogP contribution >= 0.6 is 0 Å². The van der Waals surface area contributed by atoms with E-state index in [0.717, 1.165) is 22.6 Å². The van der Waals surface area contributed by atoms with Gasteiger partial charge in [-0.1, -0.05) is 12.1 Å². The van der Waals surface area contributed by atoms with E-state index in [1.165, 1.54) is 5.56 Å². The smallest absolute Gasteiger partial charge is 0.247 e. The summed E-state index contributed by atoms with van der Waals surface area (Å²) < 4.78 is 10.8. The van der Waals surface area contributed by atoms with Gasteiger partial charge in [0.1, 0.15) is 5.75 Å². The van der Waals surface area contributed by atoms with Crippen LogP contribution < -0.4 is 10.1 Å². The molecule has 3 rings (SSSR count). The van der Waals surface area contributed by atoms with Crippen molar-refractivity contribution in [3.63, 3.8) is 0 Å². The van der Waals surface area contributed by atoms with E-state index in [1.807, 2.05) is 56.3 Å². The predicted octanol–water partition coefficient (Wildman–Crippen LogP) is 3.93. The van der Waals surface area contributed by atoms with Crippen molar-refractivity contribution in [3.05, 3.63) is 59.5 Å². The number of amides is 1. The fourth-order valence-corrected chi connectivity index (χ4v) is 2.49. The molecule has 0 unspecified atom stereocenters. The summed E-state index contributed by atoms with van der Waals surface area (Å²) in [4.78, 5) is 12.1. The van der Waals surface area contributed by atoms with Gasteiger partial charge in [0.05, 0.1) is 7.11 Å². The number of carbonyl (C=O) groups is 1. The third kappa shape index (κ3) is 4.27. The van der Waals surface area contributed by atoms with Crippen LogP contribution in [0.5, 0.6) is 5.75 Å². The van der Waals surface area contributed by atoms with Gasteiger partial charge >= 0.3 is 0 Å². The fourth-order valence-electron chi connectivity index (χ4n) is 2.49. The predicted molar refractivity (Wildman–Crippen MR) is 99.2 cm³/mol. The number of hydrogen-bond acceptors (Lipinski definition) is 5. The maximum Gasteiger partial charge on any atom is 0.247 e. The van der Waals surface area contributed by atoms with Crippen LogP contribution in [-0.4, -0.2) is 23.2 Å². The highest BCUT2D eigenvalue weighted by molar-refractivity contribution is 5.90. The van der Waals surface area contributed by atoms with Gasteiger partial charge in [0.15, 0.2) is 0 Å². The molecule has 0 spiro atoms. The molecule has 0 saturated carbocycles. The SMILES string of the molecule is COc1cccc(-c2nnc(CCC(=O)Nc3ccc(C)c(C)c3)o2)c1. The zero-order chi connectivity index (χ0) is 18.5. The zero-order valence-corrected chi connectivity index (χ0v) is 15.1. The minimum Gasteiger partial charge on any atom is -0.497 e. The standard InChI is InChI=1S/C20H21N3O3/c1-13-7-8-16(11-14(13)2)21-18(24)9-10-19-22-23-20(26-19)15-5-4-6-17(12-15)25-3/h4-8,11-12H,9-10H2,1-3H3,(H,21,24). The van der Waals surface area contributed by atoms with Gasteiger partial charge in [0, 0.05) is 24.1 Å². The lowest BCUT2D eigenvalue weighted by Gasteiger charge is -2.07. The molecule has 0 atom stereocenters. The number of nitrogens with zero attached hydrogens (tertiary/aromatic N) is 2. The summed E-state index contributed by atoms with van der Waals surface area (Å²) in [5.74, 6) is 1.47. The Labute approximate surface area is 152 Å². The Morgan fingerprint density at radius 2 is 1.96 bits per heavy atom. The van der Waals surface area contributed by atoms with Gasteiger partial charge < -0.3 is 14.5 Å². The van der Waals surface area contributed by atoms with Crippen LogP contribution in [0.15, 0.2) is 46.9 Å². The van der Waals surface area contributed by atoms with E-state index in [-0.39, 0.29) is 12.3 Å². The largest absolute Gasteiger partial charge is 0.497 e. The number of hydrogen-bond donors (Lipinski definition) is 1. The molecule has 1 amide bonds. The van der Waals surface area contributed by atoms with Crippen LogP contribution in [0.3, 0.4) is 0 Å². The van der Waals surface area contributed by atoms with Gasteiger partial charge in [-0.3, -0.25) is 4.79 Å². The van der Waals surface area contributed by atoms with Gasteiger partial charge in [-0.15, -0.1) is 10.2 Å². The van der Waals surface area contributed by atoms with Gasteiger partial charge in [-0.25, -0.2) is 0 Å². The quantitative estimate of drug-likeness (QED) is 0.728. The minimum absolute atomic E-state index is 0.0885. The number of aromatic nitrogens is 2. The molecule has 0 aliphatic rings. The number of methoxy groups -OCH3 is 1. The van der Waals surface area contributed by atoms with Crippen molar-refractivity contribution in [1.29, 1.82) is 0 Å². The average molecular weight is 351 g/mol. The summed E-state index contributed by atoms with van der Waals surface area (Å²) >= 11 is 0. The Morgan fingerprint density at radius 1 is 1.12 bits per heavy atom. The molecule has 1 heterocycles. The highest BCUT2D eigenvalue weighted by Gasteiger charge is 2.11. The summed E-state index contributed by atoms with van der Waals surface area (Å²) in [6.45, 7) is 4.06.